The van der Waals surface area contributed by atoms with Crippen LogP contribution in [0, 0.1) is 5.92 Å². The zero-order valence-corrected chi connectivity index (χ0v) is 10.6. The van der Waals surface area contributed by atoms with Gasteiger partial charge in [0, 0.05) is 17.6 Å². The standard InChI is InChI=1S/C13H15ClF3N/c14-8-9-4-3-7-11(9)18-12-6-2-1-5-10(12)13(15,16)17/h1-2,5-6,9,11,18H,3-4,7-8H2. The first-order valence-electron chi connectivity index (χ1n) is 6.01. The second-order valence-electron chi connectivity index (χ2n) is 4.64. The van der Waals surface area contributed by atoms with Crippen molar-refractivity contribution in [1.82, 2.24) is 0 Å². The summed E-state index contributed by atoms with van der Waals surface area (Å²) in [5, 5.41) is 3.01. The number of halogens is 4. The van der Waals surface area contributed by atoms with Crippen molar-refractivity contribution in [2.75, 3.05) is 11.2 Å². The Labute approximate surface area is 109 Å². The normalized spacial score (nSPS) is 24.2. The molecule has 2 atom stereocenters. The molecule has 1 N–H and O–H groups in total. The number of rotatable bonds is 3. The maximum Gasteiger partial charge on any atom is 0.418 e. The molecule has 2 unspecified atom stereocenters. The zero-order chi connectivity index (χ0) is 13.2. The van der Waals surface area contributed by atoms with Crippen molar-refractivity contribution in [2.24, 2.45) is 5.92 Å². The molecule has 0 aromatic heterocycles. The van der Waals surface area contributed by atoms with Gasteiger partial charge in [0.25, 0.3) is 0 Å². The topological polar surface area (TPSA) is 12.0 Å². The van der Waals surface area contributed by atoms with Crippen LogP contribution in [-0.4, -0.2) is 11.9 Å². The van der Waals surface area contributed by atoms with Crippen LogP contribution >= 0.6 is 11.6 Å². The van der Waals surface area contributed by atoms with E-state index in [0.717, 1.165) is 25.3 Å². The first-order valence-corrected chi connectivity index (χ1v) is 6.54. The minimum Gasteiger partial charge on any atom is -0.381 e. The quantitative estimate of drug-likeness (QED) is 0.801. The van der Waals surface area contributed by atoms with E-state index in [1.807, 2.05) is 0 Å². The van der Waals surface area contributed by atoms with Gasteiger partial charge in [-0.3, -0.25) is 0 Å². The lowest BCUT2D eigenvalue weighted by atomic mass is 10.0. The molecular weight excluding hydrogens is 263 g/mol. The Morgan fingerprint density at radius 2 is 1.94 bits per heavy atom. The van der Waals surface area contributed by atoms with Crippen LogP contribution in [0.1, 0.15) is 24.8 Å². The lowest BCUT2D eigenvalue weighted by Gasteiger charge is -2.22. The van der Waals surface area contributed by atoms with Crippen molar-refractivity contribution in [3.63, 3.8) is 0 Å². The molecule has 1 aliphatic carbocycles. The predicted octanol–water partition coefficient (Wildman–Crippen LogP) is 4.52. The number of alkyl halides is 4. The molecule has 0 bridgehead atoms. The molecule has 0 aliphatic heterocycles. The smallest absolute Gasteiger partial charge is 0.381 e. The molecule has 100 valence electrons. The molecular formula is C13H15ClF3N. The molecule has 1 fully saturated rings. The summed E-state index contributed by atoms with van der Waals surface area (Å²) in [6.07, 6.45) is -1.44. The number of para-hydroxylation sites is 1. The van der Waals surface area contributed by atoms with Crippen LogP contribution in [0.15, 0.2) is 24.3 Å². The molecule has 5 heteroatoms. The number of nitrogens with one attached hydrogen (secondary N) is 1. The summed E-state index contributed by atoms with van der Waals surface area (Å²) in [4.78, 5) is 0. The molecule has 0 amide bonds. The molecule has 0 heterocycles. The van der Waals surface area contributed by atoms with E-state index < -0.39 is 11.7 Å². The summed E-state index contributed by atoms with van der Waals surface area (Å²) in [5.74, 6) is 0.749. The van der Waals surface area contributed by atoms with Crippen LogP contribution in [-0.2, 0) is 6.18 Å². The van der Waals surface area contributed by atoms with Crippen molar-refractivity contribution in [2.45, 2.75) is 31.5 Å². The van der Waals surface area contributed by atoms with Gasteiger partial charge in [0.1, 0.15) is 0 Å². The summed E-state index contributed by atoms with van der Waals surface area (Å²) in [6, 6.07) is 5.65. The van der Waals surface area contributed by atoms with Crippen LogP contribution in [0.5, 0.6) is 0 Å². The fraction of sp³-hybridized carbons (Fsp3) is 0.538. The third-order valence-electron chi connectivity index (χ3n) is 3.43. The summed E-state index contributed by atoms with van der Waals surface area (Å²) in [6.45, 7) is 0. The summed E-state index contributed by atoms with van der Waals surface area (Å²) < 4.78 is 38.5. The van der Waals surface area contributed by atoms with Gasteiger partial charge < -0.3 is 5.32 Å². The van der Waals surface area contributed by atoms with Crippen LogP contribution in [0.2, 0.25) is 0 Å². The van der Waals surface area contributed by atoms with Crippen molar-refractivity contribution < 1.29 is 13.2 Å². The molecule has 0 saturated heterocycles. The number of anilines is 1. The summed E-state index contributed by atoms with van der Waals surface area (Å²) in [5.41, 5.74) is -0.447. The van der Waals surface area contributed by atoms with Crippen molar-refractivity contribution in [3.8, 4) is 0 Å². The SMILES string of the molecule is FC(F)(F)c1ccccc1NC1CCCC1CCl. The predicted molar refractivity (Wildman–Crippen MR) is 66.9 cm³/mol. The Balaban J connectivity index is 2.19. The van der Waals surface area contributed by atoms with E-state index in [4.69, 9.17) is 11.6 Å². The maximum absolute atomic E-state index is 12.8. The molecule has 1 nitrogen and oxygen atoms in total. The minimum absolute atomic E-state index is 0.0472. The Hall–Kier alpha value is -0.900. The van der Waals surface area contributed by atoms with E-state index >= 15 is 0 Å². The highest BCUT2D eigenvalue weighted by Crippen LogP contribution is 2.37. The highest BCUT2D eigenvalue weighted by Gasteiger charge is 2.35. The number of hydrogen-bond acceptors (Lipinski definition) is 1. The average molecular weight is 278 g/mol. The van der Waals surface area contributed by atoms with Gasteiger partial charge in [-0.05, 0) is 30.9 Å². The Kier molecular flexibility index (Phi) is 4.05. The van der Waals surface area contributed by atoms with Gasteiger partial charge in [-0.1, -0.05) is 18.6 Å². The number of hydrogen-bond donors (Lipinski definition) is 1. The van der Waals surface area contributed by atoms with Gasteiger partial charge in [0.05, 0.1) is 5.56 Å². The third-order valence-corrected chi connectivity index (χ3v) is 3.83. The minimum atomic E-state index is -4.32. The molecule has 0 spiro atoms. The Morgan fingerprint density at radius 3 is 2.61 bits per heavy atom. The van der Waals surface area contributed by atoms with Crippen molar-refractivity contribution in [3.05, 3.63) is 29.8 Å². The fourth-order valence-corrected chi connectivity index (χ4v) is 2.84. The number of benzene rings is 1. The summed E-state index contributed by atoms with van der Waals surface area (Å²) >= 11 is 5.84. The first-order chi connectivity index (χ1) is 8.52. The maximum atomic E-state index is 12.8. The Morgan fingerprint density at radius 1 is 1.22 bits per heavy atom. The van der Waals surface area contributed by atoms with Gasteiger partial charge in [-0.2, -0.15) is 13.2 Å². The van der Waals surface area contributed by atoms with E-state index in [0.29, 0.717) is 5.88 Å². The van der Waals surface area contributed by atoms with Crippen LogP contribution in [0.25, 0.3) is 0 Å². The van der Waals surface area contributed by atoms with Crippen LogP contribution in [0.3, 0.4) is 0 Å². The molecule has 18 heavy (non-hydrogen) atoms. The fourth-order valence-electron chi connectivity index (χ4n) is 2.47. The monoisotopic (exact) mass is 277 g/mol. The molecule has 1 aromatic rings. The lowest BCUT2D eigenvalue weighted by Crippen LogP contribution is -2.26. The molecule has 1 saturated carbocycles. The van der Waals surface area contributed by atoms with Crippen LogP contribution in [0.4, 0.5) is 18.9 Å². The van der Waals surface area contributed by atoms with E-state index in [1.165, 1.54) is 12.1 Å². The molecule has 1 aliphatic rings. The van der Waals surface area contributed by atoms with Gasteiger partial charge in [0.2, 0.25) is 0 Å². The van der Waals surface area contributed by atoms with E-state index in [1.54, 1.807) is 6.07 Å². The van der Waals surface area contributed by atoms with E-state index in [-0.39, 0.29) is 17.6 Å². The molecule has 2 rings (SSSR count). The highest BCUT2D eigenvalue weighted by molar-refractivity contribution is 6.18. The third kappa shape index (κ3) is 2.91. The summed E-state index contributed by atoms with van der Waals surface area (Å²) in [7, 11) is 0. The lowest BCUT2D eigenvalue weighted by molar-refractivity contribution is -0.137. The van der Waals surface area contributed by atoms with Crippen molar-refractivity contribution >= 4 is 17.3 Å². The van der Waals surface area contributed by atoms with E-state index in [9.17, 15) is 13.2 Å². The molecule has 0 radical (unpaired) electrons. The van der Waals surface area contributed by atoms with Gasteiger partial charge in [0.15, 0.2) is 0 Å². The zero-order valence-electron chi connectivity index (χ0n) is 9.80. The largest absolute Gasteiger partial charge is 0.418 e. The van der Waals surface area contributed by atoms with Gasteiger partial charge >= 0.3 is 6.18 Å². The van der Waals surface area contributed by atoms with Crippen LogP contribution < -0.4 is 5.32 Å². The second-order valence-corrected chi connectivity index (χ2v) is 4.95. The first kappa shape index (κ1) is 13.5. The van der Waals surface area contributed by atoms with Crippen molar-refractivity contribution in [1.29, 1.82) is 0 Å². The van der Waals surface area contributed by atoms with Gasteiger partial charge in [-0.15, -0.1) is 11.6 Å². The second kappa shape index (κ2) is 5.39. The average Bonchev–Trinajstić information content (AvgIpc) is 2.75. The van der Waals surface area contributed by atoms with Gasteiger partial charge in [-0.25, -0.2) is 0 Å². The molecule has 1 aromatic carbocycles. The highest BCUT2D eigenvalue weighted by atomic mass is 35.5. The van der Waals surface area contributed by atoms with E-state index in [2.05, 4.69) is 5.32 Å². The Bertz CT molecular complexity index is 405.